The maximum atomic E-state index is 12.7. The maximum absolute atomic E-state index is 12.7. The van der Waals surface area contributed by atoms with Gasteiger partial charge in [0.05, 0.1) is 7.11 Å². The fourth-order valence-electron chi connectivity index (χ4n) is 3.01. The third-order valence-corrected chi connectivity index (χ3v) is 4.69. The van der Waals surface area contributed by atoms with Crippen LogP contribution in [0.5, 0.6) is 5.75 Å². The molecule has 0 unspecified atom stereocenters. The summed E-state index contributed by atoms with van der Waals surface area (Å²) in [5.74, 6) is 1.26. The van der Waals surface area contributed by atoms with Gasteiger partial charge >= 0.3 is 0 Å². The Bertz CT molecular complexity index is 600. The van der Waals surface area contributed by atoms with Crippen LogP contribution in [0.3, 0.4) is 0 Å². The van der Waals surface area contributed by atoms with Crippen LogP contribution in [0.2, 0.25) is 0 Å². The smallest absolute Gasteiger partial charge is 0.245 e. The fraction of sp³-hybridized carbons (Fsp3) is 0.579. The van der Waals surface area contributed by atoms with Crippen molar-refractivity contribution in [2.45, 2.75) is 52.1 Å². The van der Waals surface area contributed by atoms with Crippen LogP contribution < -0.4 is 10.1 Å². The highest BCUT2D eigenvalue weighted by Crippen LogP contribution is 2.32. The van der Waals surface area contributed by atoms with Gasteiger partial charge in [0, 0.05) is 19.5 Å². The molecule has 1 aliphatic rings. The minimum Gasteiger partial charge on any atom is -0.497 e. The van der Waals surface area contributed by atoms with E-state index in [0.717, 1.165) is 17.7 Å². The van der Waals surface area contributed by atoms with E-state index in [4.69, 9.17) is 4.74 Å². The third kappa shape index (κ3) is 4.08. The lowest BCUT2D eigenvalue weighted by atomic mass is 9.96. The normalized spacial score (nSPS) is 20.5. The zero-order chi connectivity index (χ0) is 17.7. The molecule has 5 heteroatoms. The van der Waals surface area contributed by atoms with Gasteiger partial charge in [-0.05, 0) is 43.4 Å². The molecule has 1 aromatic rings. The lowest BCUT2D eigenvalue weighted by Gasteiger charge is -2.34. The topological polar surface area (TPSA) is 58.6 Å². The monoisotopic (exact) mass is 332 g/mol. The standard InChI is InChI=1S/C19H28N2O3/c1-14(2)9-11-20-18(23)19(3)10-8-17(22)21(19)13-15-6-5-7-16(12-15)24-4/h5-7,12,14H,8-11,13H2,1-4H3,(H,20,23)/t19-/m1/s1. The van der Waals surface area contributed by atoms with Crippen LogP contribution in [0.1, 0.15) is 45.6 Å². The molecular formula is C19H28N2O3. The van der Waals surface area contributed by atoms with E-state index in [-0.39, 0.29) is 11.8 Å². The van der Waals surface area contributed by atoms with Gasteiger partial charge in [-0.25, -0.2) is 0 Å². The molecule has 1 aliphatic heterocycles. The summed E-state index contributed by atoms with van der Waals surface area (Å²) >= 11 is 0. The van der Waals surface area contributed by atoms with Gasteiger partial charge in [0.2, 0.25) is 11.8 Å². The Kier molecular flexibility index (Phi) is 5.86. The average Bonchev–Trinajstić information content (AvgIpc) is 2.84. The first-order chi connectivity index (χ1) is 11.4. The number of carbonyl (C=O) groups is 2. The Labute approximate surface area is 144 Å². The molecule has 1 heterocycles. The Hall–Kier alpha value is -2.04. The summed E-state index contributed by atoms with van der Waals surface area (Å²) < 4.78 is 5.24. The molecule has 0 aliphatic carbocycles. The molecular weight excluding hydrogens is 304 g/mol. The molecule has 0 spiro atoms. The number of nitrogens with one attached hydrogen (secondary N) is 1. The van der Waals surface area contributed by atoms with Crippen LogP contribution >= 0.6 is 0 Å². The van der Waals surface area contributed by atoms with E-state index in [0.29, 0.717) is 31.8 Å². The van der Waals surface area contributed by atoms with Crippen LogP contribution in [-0.4, -0.2) is 35.9 Å². The predicted octanol–water partition coefficient (Wildman–Crippen LogP) is 2.74. The van der Waals surface area contributed by atoms with Crippen molar-refractivity contribution in [2.75, 3.05) is 13.7 Å². The van der Waals surface area contributed by atoms with Gasteiger partial charge in [-0.1, -0.05) is 26.0 Å². The number of hydrogen-bond donors (Lipinski definition) is 1. The summed E-state index contributed by atoms with van der Waals surface area (Å²) in [6.45, 7) is 7.18. The van der Waals surface area contributed by atoms with Crippen molar-refractivity contribution in [3.63, 3.8) is 0 Å². The summed E-state index contributed by atoms with van der Waals surface area (Å²) in [7, 11) is 1.62. The van der Waals surface area contributed by atoms with Crippen molar-refractivity contribution in [2.24, 2.45) is 5.92 Å². The molecule has 5 nitrogen and oxygen atoms in total. The van der Waals surface area contributed by atoms with Gasteiger partial charge in [-0.3, -0.25) is 9.59 Å². The molecule has 2 amide bonds. The minimum absolute atomic E-state index is 0.0272. The molecule has 0 radical (unpaired) electrons. The van der Waals surface area contributed by atoms with E-state index in [1.54, 1.807) is 12.0 Å². The van der Waals surface area contributed by atoms with Crippen LogP contribution in [0, 0.1) is 5.92 Å². The maximum Gasteiger partial charge on any atom is 0.245 e. The second kappa shape index (κ2) is 7.69. The number of carbonyl (C=O) groups excluding carboxylic acids is 2. The number of benzene rings is 1. The van der Waals surface area contributed by atoms with E-state index < -0.39 is 5.54 Å². The van der Waals surface area contributed by atoms with Crippen molar-refractivity contribution < 1.29 is 14.3 Å². The summed E-state index contributed by atoms with van der Waals surface area (Å²) in [5.41, 5.74) is 0.183. The van der Waals surface area contributed by atoms with Crippen LogP contribution in [0.15, 0.2) is 24.3 Å². The van der Waals surface area contributed by atoms with Crippen LogP contribution in [0.4, 0.5) is 0 Å². The molecule has 0 saturated carbocycles. The van der Waals surface area contributed by atoms with Gasteiger partial charge in [0.25, 0.3) is 0 Å². The van der Waals surface area contributed by atoms with Gasteiger partial charge in [0.1, 0.15) is 11.3 Å². The second-order valence-electron chi connectivity index (χ2n) is 7.04. The minimum atomic E-state index is -0.781. The Morgan fingerprint density at radius 2 is 2.17 bits per heavy atom. The average molecular weight is 332 g/mol. The fourth-order valence-corrected chi connectivity index (χ4v) is 3.01. The van der Waals surface area contributed by atoms with Crippen molar-refractivity contribution in [1.82, 2.24) is 10.2 Å². The second-order valence-corrected chi connectivity index (χ2v) is 7.04. The Morgan fingerprint density at radius 1 is 1.42 bits per heavy atom. The van der Waals surface area contributed by atoms with Crippen LogP contribution in [-0.2, 0) is 16.1 Å². The summed E-state index contributed by atoms with van der Waals surface area (Å²) in [4.78, 5) is 26.7. The van der Waals surface area contributed by atoms with E-state index in [2.05, 4.69) is 19.2 Å². The summed E-state index contributed by atoms with van der Waals surface area (Å²) in [6, 6.07) is 7.62. The summed E-state index contributed by atoms with van der Waals surface area (Å²) in [6.07, 6.45) is 1.91. The highest BCUT2D eigenvalue weighted by Gasteiger charge is 2.46. The van der Waals surface area contributed by atoms with Gasteiger partial charge < -0.3 is 15.0 Å². The molecule has 1 fully saturated rings. The quantitative estimate of drug-likeness (QED) is 0.835. The molecule has 1 atom stereocenters. The van der Waals surface area contributed by atoms with Crippen molar-refractivity contribution in [3.05, 3.63) is 29.8 Å². The number of methoxy groups -OCH3 is 1. The largest absolute Gasteiger partial charge is 0.497 e. The van der Waals surface area contributed by atoms with Crippen molar-refractivity contribution >= 4 is 11.8 Å². The zero-order valence-corrected chi connectivity index (χ0v) is 15.1. The lowest BCUT2D eigenvalue weighted by Crippen LogP contribution is -2.54. The first kappa shape index (κ1) is 18.3. The number of likely N-dealkylation sites (tertiary alicyclic amines) is 1. The number of ether oxygens (including phenoxy) is 1. The predicted molar refractivity (Wildman–Crippen MR) is 93.6 cm³/mol. The Morgan fingerprint density at radius 3 is 2.83 bits per heavy atom. The molecule has 2 rings (SSSR count). The van der Waals surface area contributed by atoms with E-state index in [1.807, 2.05) is 31.2 Å². The molecule has 0 aromatic heterocycles. The molecule has 1 N–H and O–H groups in total. The lowest BCUT2D eigenvalue weighted by molar-refractivity contribution is -0.141. The molecule has 1 saturated heterocycles. The molecule has 1 aromatic carbocycles. The van der Waals surface area contributed by atoms with Crippen LogP contribution in [0.25, 0.3) is 0 Å². The first-order valence-electron chi connectivity index (χ1n) is 8.58. The number of nitrogens with zero attached hydrogens (tertiary/aromatic N) is 1. The van der Waals surface area contributed by atoms with E-state index in [1.165, 1.54) is 0 Å². The highest BCUT2D eigenvalue weighted by molar-refractivity contribution is 5.94. The van der Waals surface area contributed by atoms with Gasteiger partial charge in [0.15, 0.2) is 0 Å². The van der Waals surface area contributed by atoms with Crippen molar-refractivity contribution in [3.8, 4) is 5.75 Å². The van der Waals surface area contributed by atoms with E-state index >= 15 is 0 Å². The molecule has 24 heavy (non-hydrogen) atoms. The Balaban J connectivity index is 2.10. The van der Waals surface area contributed by atoms with Gasteiger partial charge in [-0.2, -0.15) is 0 Å². The molecule has 132 valence electrons. The zero-order valence-electron chi connectivity index (χ0n) is 15.1. The third-order valence-electron chi connectivity index (χ3n) is 4.69. The number of amides is 2. The van der Waals surface area contributed by atoms with Crippen molar-refractivity contribution in [1.29, 1.82) is 0 Å². The SMILES string of the molecule is COc1cccc(CN2C(=O)CC[C@]2(C)C(=O)NCCC(C)C)c1. The number of hydrogen-bond acceptors (Lipinski definition) is 3. The van der Waals surface area contributed by atoms with E-state index in [9.17, 15) is 9.59 Å². The first-order valence-corrected chi connectivity index (χ1v) is 8.58. The summed E-state index contributed by atoms with van der Waals surface area (Å²) in [5, 5.41) is 3.00. The molecule has 0 bridgehead atoms. The number of rotatable bonds is 7. The highest BCUT2D eigenvalue weighted by atomic mass is 16.5. The van der Waals surface area contributed by atoms with Gasteiger partial charge in [-0.15, -0.1) is 0 Å².